The molecule has 1 aromatic carbocycles. The van der Waals surface area contributed by atoms with Gasteiger partial charge >= 0.3 is 5.69 Å². The molecule has 1 N–H and O–H groups in total. The summed E-state index contributed by atoms with van der Waals surface area (Å²) in [7, 11) is 0. The lowest BCUT2D eigenvalue weighted by molar-refractivity contribution is 0.617. The summed E-state index contributed by atoms with van der Waals surface area (Å²) >= 11 is 13.5. The van der Waals surface area contributed by atoms with Crippen LogP contribution in [0.4, 0.5) is 0 Å². The zero-order valence-electron chi connectivity index (χ0n) is 14.7. The van der Waals surface area contributed by atoms with Gasteiger partial charge in [-0.15, -0.1) is 0 Å². The molecule has 3 rings (SSSR count). The molecule has 0 aliphatic rings. The van der Waals surface area contributed by atoms with Crippen molar-refractivity contribution in [3.05, 3.63) is 84.7 Å². The molecule has 0 fully saturated rings. The van der Waals surface area contributed by atoms with Crippen molar-refractivity contribution in [2.45, 2.75) is 36.2 Å². The Morgan fingerprint density at radius 2 is 1.74 bits per heavy atom. The Balaban J connectivity index is 2.18. The molecule has 0 bridgehead atoms. The summed E-state index contributed by atoms with van der Waals surface area (Å²) in [5.74, 6) is -0.0739. The van der Waals surface area contributed by atoms with Gasteiger partial charge in [0, 0.05) is 27.3 Å². The molecule has 3 aromatic rings. The Kier molecular flexibility index (Phi) is 6.09. The first kappa shape index (κ1) is 19.7. The average Bonchev–Trinajstić information content (AvgIpc) is 2.58. The molecule has 2 aromatic heterocycles. The van der Waals surface area contributed by atoms with Crippen LogP contribution < -0.4 is 11.2 Å². The number of hydrogen-bond donors (Lipinski definition) is 1. The fourth-order valence-corrected chi connectivity index (χ4v) is 4.65. The summed E-state index contributed by atoms with van der Waals surface area (Å²) in [6, 6.07) is 8.81. The van der Waals surface area contributed by atoms with Gasteiger partial charge in [-0.3, -0.25) is 19.3 Å². The summed E-state index contributed by atoms with van der Waals surface area (Å²) in [6.45, 7) is 4.15. The molecule has 2 heterocycles. The zero-order chi connectivity index (χ0) is 19.6. The van der Waals surface area contributed by atoms with Crippen molar-refractivity contribution in [1.29, 1.82) is 0 Å². The molecule has 0 aliphatic carbocycles. The largest absolute Gasteiger partial charge is 0.329 e. The maximum absolute atomic E-state index is 12.6. The molecule has 0 unspecified atom stereocenters. The van der Waals surface area contributed by atoms with Crippen molar-refractivity contribution in [2.24, 2.45) is 0 Å². The predicted octanol–water partition coefficient (Wildman–Crippen LogP) is 4.56. The summed E-state index contributed by atoms with van der Waals surface area (Å²) in [4.78, 5) is 32.3. The molecule has 0 spiro atoms. The van der Waals surface area contributed by atoms with Gasteiger partial charge in [-0.25, -0.2) is 4.79 Å². The van der Waals surface area contributed by atoms with E-state index in [1.165, 1.54) is 11.8 Å². The van der Waals surface area contributed by atoms with Crippen molar-refractivity contribution >= 4 is 35.0 Å². The summed E-state index contributed by atoms with van der Waals surface area (Å²) < 4.78 is 1.56. The monoisotopic (exact) mass is 421 g/mol. The molecule has 8 heteroatoms. The van der Waals surface area contributed by atoms with E-state index in [1.54, 1.807) is 35.2 Å². The number of rotatable bonds is 5. The molecular weight excluding hydrogens is 405 g/mol. The smallest absolute Gasteiger partial charge is 0.283 e. The number of H-pyrrole nitrogens is 1. The first-order chi connectivity index (χ1) is 12.8. The second-order valence-electron chi connectivity index (χ2n) is 6.28. The minimum Gasteiger partial charge on any atom is -0.283 e. The van der Waals surface area contributed by atoms with E-state index in [2.05, 4.69) is 9.97 Å². The molecule has 0 saturated heterocycles. The van der Waals surface area contributed by atoms with Crippen molar-refractivity contribution in [1.82, 2.24) is 14.5 Å². The first-order valence-electron chi connectivity index (χ1n) is 8.25. The number of aromatic amines is 1. The summed E-state index contributed by atoms with van der Waals surface area (Å²) in [5.41, 5.74) is 0.609. The second-order valence-corrected chi connectivity index (χ2v) is 8.22. The van der Waals surface area contributed by atoms with Gasteiger partial charge in [0.15, 0.2) is 0 Å². The number of halogens is 2. The quantitative estimate of drug-likeness (QED) is 0.612. The number of nitrogens with zero attached hydrogens (tertiary/aromatic N) is 2. The topological polar surface area (TPSA) is 67.8 Å². The Morgan fingerprint density at radius 3 is 2.33 bits per heavy atom. The molecule has 0 amide bonds. The van der Waals surface area contributed by atoms with Crippen LogP contribution in [0.25, 0.3) is 0 Å². The third-order valence-electron chi connectivity index (χ3n) is 3.90. The minimum atomic E-state index is -0.461. The lowest BCUT2D eigenvalue weighted by Gasteiger charge is -2.18. The lowest BCUT2D eigenvalue weighted by atomic mass is 10.1. The zero-order valence-corrected chi connectivity index (χ0v) is 17.0. The Labute approximate surface area is 170 Å². The molecule has 5 nitrogen and oxygen atoms in total. The highest BCUT2D eigenvalue weighted by atomic mass is 35.5. The van der Waals surface area contributed by atoms with E-state index in [-0.39, 0.29) is 11.5 Å². The first-order valence-corrected chi connectivity index (χ1v) is 9.82. The van der Waals surface area contributed by atoms with E-state index in [0.29, 0.717) is 27.2 Å². The predicted molar refractivity (Wildman–Crippen MR) is 109 cm³/mol. The van der Waals surface area contributed by atoms with E-state index < -0.39 is 5.69 Å². The van der Waals surface area contributed by atoms with Crippen molar-refractivity contribution < 1.29 is 0 Å². The van der Waals surface area contributed by atoms with Gasteiger partial charge < -0.3 is 0 Å². The van der Waals surface area contributed by atoms with E-state index in [9.17, 15) is 9.59 Å². The van der Waals surface area contributed by atoms with Crippen LogP contribution in [0.1, 0.15) is 30.9 Å². The van der Waals surface area contributed by atoms with Gasteiger partial charge in [0.25, 0.3) is 5.56 Å². The van der Waals surface area contributed by atoms with E-state index in [1.807, 2.05) is 26.0 Å². The Hall–Kier alpha value is -2.02. The maximum atomic E-state index is 12.6. The van der Waals surface area contributed by atoms with Crippen molar-refractivity contribution in [3.63, 3.8) is 0 Å². The highest BCUT2D eigenvalue weighted by Gasteiger charge is 2.19. The number of hydrogen-bond acceptors (Lipinski definition) is 4. The standard InChI is InChI=1S/C19H17Cl2N3O2S/c1-11(2)16-17(25)23-19(26)24(10-12-3-5-22-6-4-12)18(16)27-15-8-13(20)7-14(21)9-15/h3-9,11H,10H2,1-2H3,(H,23,25,26). The van der Waals surface area contributed by atoms with Crippen LogP contribution in [0.3, 0.4) is 0 Å². The van der Waals surface area contributed by atoms with Crippen LogP contribution in [0.2, 0.25) is 10.0 Å². The van der Waals surface area contributed by atoms with E-state index in [4.69, 9.17) is 23.2 Å². The lowest BCUT2D eigenvalue weighted by Crippen LogP contribution is -2.34. The maximum Gasteiger partial charge on any atom is 0.329 e. The molecule has 27 heavy (non-hydrogen) atoms. The van der Waals surface area contributed by atoms with Gasteiger partial charge in [0.2, 0.25) is 0 Å². The van der Waals surface area contributed by atoms with Gasteiger partial charge in [-0.1, -0.05) is 48.8 Å². The number of benzene rings is 1. The van der Waals surface area contributed by atoms with Crippen molar-refractivity contribution in [2.75, 3.05) is 0 Å². The summed E-state index contributed by atoms with van der Waals surface area (Å²) in [6.07, 6.45) is 3.33. The van der Waals surface area contributed by atoms with Gasteiger partial charge in [0.05, 0.1) is 17.1 Å². The molecular formula is C19H17Cl2N3O2S. The van der Waals surface area contributed by atoms with Crippen LogP contribution in [-0.2, 0) is 6.54 Å². The molecule has 0 radical (unpaired) electrons. The molecule has 140 valence electrons. The van der Waals surface area contributed by atoms with Gasteiger partial charge in [-0.05, 0) is 41.8 Å². The number of pyridine rings is 1. The average molecular weight is 422 g/mol. The minimum absolute atomic E-state index is 0.0739. The number of nitrogens with one attached hydrogen (secondary N) is 1. The SMILES string of the molecule is CC(C)c1c(Sc2cc(Cl)cc(Cl)c2)n(Cc2ccncc2)c(=O)[nH]c1=O. The molecule has 0 aliphatic heterocycles. The van der Waals surface area contributed by atoms with Gasteiger partial charge in [0.1, 0.15) is 0 Å². The third-order valence-corrected chi connectivity index (χ3v) is 5.45. The Bertz CT molecular complexity index is 1060. The van der Waals surface area contributed by atoms with Crippen LogP contribution in [0.5, 0.6) is 0 Å². The number of aromatic nitrogens is 3. The van der Waals surface area contributed by atoms with E-state index in [0.717, 1.165) is 10.5 Å². The molecule has 0 saturated carbocycles. The highest BCUT2D eigenvalue weighted by molar-refractivity contribution is 7.99. The fraction of sp³-hybridized carbons (Fsp3) is 0.211. The normalized spacial score (nSPS) is 11.1. The van der Waals surface area contributed by atoms with Crippen LogP contribution in [0, 0.1) is 0 Å². The summed E-state index contributed by atoms with van der Waals surface area (Å²) in [5, 5.41) is 1.56. The van der Waals surface area contributed by atoms with Crippen LogP contribution in [-0.4, -0.2) is 14.5 Å². The van der Waals surface area contributed by atoms with Crippen LogP contribution >= 0.6 is 35.0 Å². The van der Waals surface area contributed by atoms with E-state index >= 15 is 0 Å². The third kappa shape index (κ3) is 4.64. The van der Waals surface area contributed by atoms with Gasteiger partial charge in [-0.2, -0.15) is 0 Å². The van der Waals surface area contributed by atoms with Crippen LogP contribution in [0.15, 0.2) is 62.2 Å². The van der Waals surface area contributed by atoms with Crippen molar-refractivity contribution in [3.8, 4) is 0 Å². The Morgan fingerprint density at radius 1 is 1.11 bits per heavy atom. The second kappa shape index (κ2) is 8.33. The fourth-order valence-electron chi connectivity index (χ4n) is 2.70. The molecule has 0 atom stereocenters. The highest BCUT2D eigenvalue weighted by Crippen LogP contribution is 2.34.